The third-order valence-electron chi connectivity index (χ3n) is 2.81. The lowest BCUT2D eigenvalue weighted by Gasteiger charge is -2.16. The maximum Gasteiger partial charge on any atom is 0.185 e. The summed E-state index contributed by atoms with van der Waals surface area (Å²) < 4.78 is 0. The molecular formula is C12H23N3S. The van der Waals surface area contributed by atoms with Crippen LogP contribution in [0.5, 0.6) is 0 Å². The van der Waals surface area contributed by atoms with Crippen molar-refractivity contribution < 1.29 is 0 Å². The molecule has 4 heteroatoms. The van der Waals surface area contributed by atoms with Gasteiger partial charge in [0.2, 0.25) is 0 Å². The number of hydrogen-bond donors (Lipinski definition) is 1. The highest BCUT2D eigenvalue weighted by Crippen LogP contribution is 2.22. The lowest BCUT2D eigenvalue weighted by Crippen LogP contribution is -2.23. The molecule has 0 aliphatic rings. The van der Waals surface area contributed by atoms with E-state index in [2.05, 4.69) is 42.9 Å². The van der Waals surface area contributed by atoms with E-state index in [0.29, 0.717) is 6.04 Å². The molecule has 1 atom stereocenters. The summed E-state index contributed by atoms with van der Waals surface area (Å²) in [6.07, 6.45) is 3.16. The first-order valence-corrected chi connectivity index (χ1v) is 6.95. The van der Waals surface area contributed by atoms with Gasteiger partial charge in [-0.1, -0.05) is 6.92 Å². The van der Waals surface area contributed by atoms with E-state index in [4.69, 9.17) is 0 Å². The Kier molecular flexibility index (Phi) is 5.77. The average molecular weight is 241 g/mol. The Labute approximate surface area is 103 Å². The van der Waals surface area contributed by atoms with E-state index in [9.17, 15) is 0 Å². The molecule has 3 nitrogen and oxygen atoms in total. The van der Waals surface area contributed by atoms with E-state index in [1.54, 1.807) is 11.3 Å². The Morgan fingerprint density at radius 2 is 2.06 bits per heavy atom. The van der Waals surface area contributed by atoms with Crippen LogP contribution in [-0.2, 0) is 6.54 Å². The van der Waals surface area contributed by atoms with E-state index in [1.165, 1.54) is 11.3 Å². The van der Waals surface area contributed by atoms with Gasteiger partial charge in [0.05, 0.1) is 0 Å². The fourth-order valence-electron chi connectivity index (χ4n) is 1.44. The van der Waals surface area contributed by atoms with Gasteiger partial charge in [-0.25, -0.2) is 4.98 Å². The van der Waals surface area contributed by atoms with Gasteiger partial charge >= 0.3 is 0 Å². The highest BCUT2D eigenvalue weighted by atomic mass is 32.1. The minimum absolute atomic E-state index is 0.582. The number of nitrogens with zero attached hydrogens (tertiary/aromatic N) is 2. The lowest BCUT2D eigenvalue weighted by molar-refractivity contribution is 0.537. The van der Waals surface area contributed by atoms with E-state index in [1.807, 2.05) is 6.20 Å². The van der Waals surface area contributed by atoms with Crippen LogP contribution in [0.15, 0.2) is 6.20 Å². The number of hydrogen-bond acceptors (Lipinski definition) is 4. The third kappa shape index (κ3) is 3.76. The molecule has 0 saturated carbocycles. The first-order chi connectivity index (χ1) is 7.71. The van der Waals surface area contributed by atoms with Crippen LogP contribution in [0, 0.1) is 0 Å². The van der Waals surface area contributed by atoms with Gasteiger partial charge in [-0.2, -0.15) is 0 Å². The second-order valence-electron chi connectivity index (χ2n) is 3.97. The molecular weight excluding hydrogens is 218 g/mol. The Hall–Kier alpha value is -0.610. The van der Waals surface area contributed by atoms with Crippen LogP contribution in [0.1, 0.15) is 39.0 Å². The maximum atomic E-state index is 4.47. The molecule has 0 aliphatic heterocycles. The van der Waals surface area contributed by atoms with E-state index in [0.717, 1.165) is 24.8 Å². The standard InChI is InChI=1S/C12H23N3S/c1-5-10(4)13-8-11-9-14-12(16-11)15(6-2)7-3/h9-10,13H,5-8H2,1-4H3. The topological polar surface area (TPSA) is 28.2 Å². The summed E-state index contributed by atoms with van der Waals surface area (Å²) in [5.74, 6) is 0. The van der Waals surface area contributed by atoms with Crippen molar-refractivity contribution in [3.63, 3.8) is 0 Å². The average Bonchev–Trinajstić information content (AvgIpc) is 2.76. The molecule has 0 aliphatic carbocycles. The Bertz CT molecular complexity index is 294. The first kappa shape index (κ1) is 13.5. The van der Waals surface area contributed by atoms with E-state index < -0.39 is 0 Å². The van der Waals surface area contributed by atoms with Gasteiger partial charge in [0.1, 0.15) is 0 Å². The van der Waals surface area contributed by atoms with Crippen LogP contribution in [0.2, 0.25) is 0 Å². The predicted molar refractivity (Wildman–Crippen MR) is 72.3 cm³/mol. The molecule has 1 aromatic heterocycles. The maximum absolute atomic E-state index is 4.47. The van der Waals surface area contributed by atoms with Gasteiger partial charge in [0.25, 0.3) is 0 Å². The summed E-state index contributed by atoms with van der Waals surface area (Å²) in [4.78, 5) is 8.08. The summed E-state index contributed by atoms with van der Waals surface area (Å²) in [7, 11) is 0. The number of rotatable bonds is 7. The summed E-state index contributed by atoms with van der Waals surface area (Å²) >= 11 is 1.79. The van der Waals surface area contributed by atoms with Crippen molar-refractivity contribution in [2.24, 2.45) is 0 Å². The Balaban J connectivity index is 2.51. The van der Waals surface area contributed by atoms with Gasteiger partial charge in [0, 0.05) is 36.8 Å². The Morgan fingerprint density at radius 3 is 2.62 bits per heavy atom. The zero-order valence-electron chi connectivity index (χ0n) is 10.8. The molecule has 1 N–H and O–H groups in total. The molecule has 0 radical (unpaired) electrons. The number of aromatic nitrogens is 1. The molecule has 92 valence electrons. The van der Waals surface area contributed by atoms with Crippen molar-refractivity contribution in [3.05, 3.63) is 11.1 Å². The number of thiazole rings is 1. The van der Waals surface area contributed by atoms with Gasteiger partial charge < -0.3 is 10.2 Å². The minimum Gasteiger partial charge on any atom is -0.349 e. The molecule has 1 rings (SSSR count). The SMILES string of the molecule is CCC(C)NCc1cnc(N(CC)CC)s1. The fourth-order valence-corrected chi connectivity index (χ4v) is 2.43. The van der Waals surface area contributed by atoms with Crippen molar-refractivity contribution in [2.75, 3.05) is 18.0 Å². The quantitative estimate of drug-likeness (QED) is 0.795. The van der Waals surface area contributed by atoms with E-state index >= 15 is 0 Å². The molecule has 16 heavy (non-hydrogen) atoms. The van der Waals surface area contributed by atoms with Crippen LogP contribution in [0.25, 0.3) is 0 Å². The second kappa shape index (κ2) is 6.86. The van der Waals surface area contributed by atoms with Crippen molar-refractivity contribution in [1.29, 1.82) is 0 Å². The van der Waals surface area contributed by atoms with Crippen LogP contribution >= 0.6 is 11.3 Å². The smallest absolute Gasteiger partial charge is 0.185 e. The largest absolute Gasteiger partial charge is 0.349 e. The van der Waals surface area contributed by atoms with Crippen molar-refractivity contribution >= 4 is 16.5 Å². The molecule has 0 saturated heterocycles. The van der Waals surface area contributed by atoms with Crippen LogP contribution in [0.4, 0.5) is 5.13 Å². The van der Waals surface area contributed by atoms with Gasteiger partial charge in [-0.15, -0.1) is 11.3 Å². The predicted octanol–water partition coefficient (Wildman–Crippen LogP) is 2.88. The molecule has 0 bridgehead atoms. The van der Waals surface area contributed by atoms with Crippen molar-refractivity contribution in [2.45, 2.75) is 46.7 Å². The van der Waals surface area contributed by atoms with Crippen LogP contribution in [0.3, 0.4) is 0 Å². The molecule has 0 aromatic carbocycles. The monoisotopic (exact) mass is 241 g/mol. The highest BCUT2D eigenvalue weighted by Gasteiger charge is 2.07. The molecule has 0 spiro atoms. The van der Waals surface area contributed by atoms with Crippen LogP contribution < -0.4 is 10.2 Å². The lowest BCUT2D eigenvalue weighted by atomic mass is 10.2. The van der Waals surface area contributed by atoms with Crippen molar-refractivity contribution in [1.82, 2.24) is 10.3 Å². The zero-order chi connectivity index (χ0) is 12.0. The normalized spacial score (nSPS) is 12.8. The van der Waals surface area contributed by atoms with Crippen molar-refractivity contribution in [3.8, 4) is 0 Å². The fraction of sp³-hybridized carbons (Fsp3) is 0.750. The van der Waals surface area contributed by atoms with Gasteiger partial charge in [-0.3, -0.25) is 0 Å². The summed E-state index contributed by atoms with van der Waals surface area (Å²) in [6.45, 7) is 11.8. The molecule has 0 amide bonds. The first-order valence-electron chi connectivity index (χ1n) is 6.14. The molecule has 1 heterocycles. The zero-order valence-corrected chi connectivity index (χ0v) is 11.6. The van der Waals surface area contributed by atoms with Crippen LogP contribution in [-0.4, -0.2) is 24.1 Å². The second-order valence-corrected chi connectivity index (χ2v) is 5.07. The molecule has 1 aromatic rings. The van der Waals surface area contributed by atoms with Gasteiger partial charge in [-0.05, 0) is 27.2 Å². The number of nitrogens with one attached hydrogen (secondary N) is 1. The molecule has 1 unspecified atom stereocenters. The summed E-state index contributed by atoms with van der Waals surface area (Å²) in [5, 5.41) is 4.63. The minimum atomic E-state index is 0.582. The van der Waals surface area contributed by atoms with E-state index in [-0.39, 0.29) is 0 Å². The Morgan fingerprint density at radius 1 is 1.38 bits per heavy atom. The highest BCUT2D eigenvalue weighted by molar-refractivity contribution is 7.15. The summed E-state index contributed by atoms with van der Waals surface area (Å²) in [6, 6.07) is 0.582. The van der Waals surface area contributed by atoms with Gasteiger partial charge in [0.15, 0.2) is 5.13 Å². The molecule has 0 fully saturated rings. The third-order valence-corrected chi connectivity index (χ3v) is 3.87. The number of anilines is 1. The summed E-state index contributed by atoms with van der Waals surface area (Å²) in [5.41, 5.74) is 0.